The average molecular weight is 286 g/mol. The monoisotopic (exact) mass is 285 g/mol. The average Bonchev–Trinajstić information content (AvgIpc) is 2.92. The number of furan rings is 1. The lowest BCUT2D eigenvalue weighted by atomic mass is 10.1. The zero-order valence-electron chi connectivity index (χ0n) is 10.9. The number of pyridine rings is 1. The number of hydrogen-bond donors (Lipinski definition) is 0. The summed E-state index contributed by atoms with van der Waals surface area (Å²) in [5.74, 6) is 0.0521. The van der Waals surface area contributed by atoms with E-state index in [9.17, 15) is 4.79 Å². The summed E-state index contributed by atoms with van der Waals surface area (Å²) >= 11 is 6.06. The highest BCUT2D eigenvalue weighted by atomic mass is 35.5. The van der Waals surface area contributed by atoms with E-state index in [2.05, 4.69) is 4.98 Å². The van der Waals surface area contributed by atoms with Crippen LogP contribution >= 0.6 is 11.6 Å². The van der Waals surface area contributed by atoms with Gasteiger partial charge < -0.3 is 4.42 Å². The molecule has 0 unspecified atom stereocenters. The zero-order chi connectivity index (χ0) is 14.1. The van der Waals surface area contributed by atoms with Crippen LogP contribution in [0.5, 0.6) is 0 Å². The van der Waals surface area contributed by atoms with Crippen LogP contribution in [0.15, 0.2) is 47.0 Å². The molecule has 100 valence electrons. The normalized spacial score (nSPS) is 10.9. The summed E-state index contributed by atoms with van der Waals surface area (Å²) in [5, 5.41) is 1.31. The Morgan fingerprint density at radius 3 is 2.90 bits per heavy atom. The number of carbonyl (C=O) groups is 1. The van der Waals surface area contributed by atoms with Crippen molar-refractivity contribution in [2.45, 2.75) is 13.3 Å². The van der Waals surface area contributed by atoms with Crippen LogP contribution in [0.25, 0.3) is 11.0 Å². The molecule has 0 atom stereocenters. The number of aryl methyl sites for hydroxylation is 1. The van der Waals surface area contributed by atoms with Crippen molar-refractivity contribution >= 4 is 28.4 Å². The Kier molecular flexibility index (Phi) is 3.28. The molecule has 2 heterocycles. The van der Waals surface area contributed by atoms with Crippen molar-refractivity contribution in [1.82, 2.24) is 4.98 Å². The standard InChI is InChI=1S/C16H12ClNO2/c1-2-10-6-4-8-18-14(10)15(19)13-9-11-5-3-7-12(17)16(11)20-13/h3-9H,2H2,1H3. The summed E-state index contributed by atoms with van der Waals surface area (Å²) in [5.41, 5.74) is 1.88. The van der Waals surface area contributed by atoms with Crippen molar-refractivity contribution < 1.29 is 9.21 Å². The summed E-state index contributed by atoms with van der Waals surface area (Å²) in [6.45, 7) is 1.99. The smallest absolute Gasteiger partial charge is 0.246 e. The van der Waals surface area contributed by atoms with E-state index in [4.69, 9.17) is 16.0 Å². The molecule has 3 aromatic rings. The fourth-order valence-corrected chi connectivity index (χ4v) is 2.40. The van der Waals surface area contributed by atoms with E-state index in [-0.39, 0.29) is 11.5 Å². The van der Waals surface area contributed by atoms with Gasteiger partial charge in [0.15, 0.2) is 11.3 Å². The molecule has 0 saturated heterocycles. The molecule has 0 saturated carbocycles. The number of ketones is 1. The fraction of sp³-hybridized carbons (Fsp3) is 0.125. The molecule has 2 aromatic heterocycles. The van der Waals surface area contributed by atoms with Crippen LogP contribution in [0.1, 0.15) is 28.7 Å². The van der Waals surface area contributed by atoms with E-state index >= 15 is 0 Å². The fourth-order valence-electron chi connectivity index (χ4n) is 2.18. The first-order valence-corrected chi connectivity index (χ1v) is 6.75. The van der Waals surface area contributed by atoms with Gasteiger partial charge in [0.2, 0.25) is 5.78 Å². The molecule has 20 heavy (non-hydrogen) atoms. The zero-order valence-corrected chi connectivity index (χ0v) is 11.6. The Hall–Kier alpha value is -2.13. The minimum atomic E-state index is -0.213. The number of nitrogens with zero attached hydrogens (tertiary/aromatic N) is 1. The molecule has 0 aliphatic rings. The minimum Gasteiger partial charge on any atom is -0.451 e. The quantitative estimate of drug-likeness (QED) is 0.675. The van der Waals surface area contributed by atoms with Gasteiger partial charge in [-0.05, 0) is 30.2 Å². The van der Waals surface area contributed by atoms with Gasteiger partial charge in [0.05, 0.1) is 5.02 Å². The molecule has 0 aliphatic heterocycles. The lowest BCUT2D eigenvalue weighted by Gasteiger charge is -2.02. The largest absolute Gasteiger partial charge is 0.451 e. The molecule has 0 N–H and O–H groups in total. The first kappa shape index (κ1) is 12.9. The number of fused-ring (bicyclic) bond motifs is 1. The van der Waals surface area contributed by atoms with Crippen LogP contribution in [0, 0.1) is 0 Å². The topological polar surface area (TPSA) is 43.1 Å². The third-order valence-electron chi connectivity index (χ3n) is 3.21. The Labute approximate surface area is 121 Å². The lowest BCUT2D eigenvalue weighted by Crippen LogP contribution is -2.06. The second kappa shape index (κ2) is 5.10. The Morgan fingerprint density at radius 2 is 2.15 bits per heavy atom. The number of halogens is 1. The molecule has 1 aromatic carbocycles. The van der Waals surface area contributed by atoms with E-state index in [0.29, 0.717) is 16.3 Å². The number of para-hydroxylation sites is 1. The molecule has 0 bridgehead atoms. The Morgan fingerprint density at radius 1 is 1.30 bits per heavy atom. The highest BCUT2D eigenvalue weighted by Gasteiger charge is 2.19. The van der Waals surface area contributed by atoms with Gasteiger partial charge in [0.1, 0.15) is 5.69 Å². The van der Waals surface area contributed by atoms with Gasteiger partial charge in [-0.2, -0.15) is 0 Å². The maximum atomic E-state index is 12.5. The first-order valence-electron chi connectivity index (χ1n) is 6.37. The van der Waals surface area contributed by atoms with Crippen LogP contribution in [0.3, 0.4) is 0 Å². The highest BCUT2D eigenvalue weighted by Crippen LogP contribution is 2.27. The lowest BCUT2D eigenvalue weighted by molar-refractivity contribution is 0.101. The van der Waals surface area contributed by atoms with Gasteiger partial charge in [-0.1, -0.05) is 36.7 Å². The van der Waals surface area contributed by atoms with Crippen LogP contribution in [-0.2, 0) is 6.42 Å². The third-order valence-corrected chi connectivity index (χ3v) is 3.50. The van der Waals surface area contributed by atoms with Crippen LogP contribution in [-0.4, -0.2) is 10.8 Å². The molecule has 0 amide bonds. The molecular weight excluding hydrogens is 274 g/mol. The Balaban J connectivity index is 2.11. The van der Waals surface area contributed by atoms with Gasteiger partial charge in [0.25, 0.3) is 0 Å². The van der Waals surface area contributed by atoms with Gasteiger partial charge >= 0.3 is 0 Å². The number of carbonyl (C=O) groups excluding carboxylic acids is 1. The number of benzene rings is 1. The van der Waals surface area contributed by atoms with Crippen molar-refractivity contribution in [2.75, 3.05) is 0 Å². The van der Waals surface area contributed by atoms with Crippen LogP contribution < -0.4 is 0 Å². The summed E-state index contributed by atoms with van der Waals surface area (Å²) < 4.78 is 5.59. The summed E-state index contributed by atoms with van der Waals surface area (Å²) in [6, 6.07) is 10.9. The number of aromatic nitrogens is 1. The summed E-state index contributed by atoms with van der Waals surface area (Å²) in [4.78, 5) is 16.7. The number of rotatable bonds is 3. The second-order valence-corrected chi connectivity index (χ2v) is 4.87. The Bertz CT molecular complexity index is 792. The predicted octanol–water partition coefficient (Wildman–Crippen LogP) is 4.27. The van der Waals surface area contributed by atoms with Crippen molar-refractivity contribution in [3.8, 4) is 0 Å². The predicted molar refractivity (Wildman–Crippen MR) is 78.3 cm³/mol. The van der Waals surface area contributed by atoms with Crippen LogP contribution in [0.2, 0.25) is 5.02 Å². The highest BCUT2D eigenvalue weighted by molar-refractivity contribution is 6.35. The van der Waals surface area contributed by atoms with Gasteiger partial charge in [-0.3, -0.25) is 9.78 Å². The maximum absolute atomic E-state index is 12.5. The van der Waals surface area contributed by atoms with Crippen molar-refractivity contribution in [1.29, 1.82) is 0 Å². The first-order chi connectivity index (χ1) is 9.70. The number of hydrogen-bond acceptors (Lipinski definition) is 3. The third kappa shape index (κ3) is 2.10. The maximum Gasteiger partial charge on any atom is 0.246 e. The van der Waals surface area contributed by atoms with Gasteiger partial charge in [-0.25, -0.2) is 0 Å². The summed E-state index contributed by atoms with van der Waals surface area (Å²) in [6.07, 6.45) is 2.36. The van der Waals surface area contributed by atoms with Crippen molar-refractivity contribution in [3.63, 3.8) is 0 Å². The van der Waals surface area contributed by atoms with E-state index in [1.807, 2.05) is 31.2 Å². The van der Waals surface area contributed by atoms with E-state index in [1.54, 1.807) is 18.3 Å². The molecule has 4 heteroatoms. The molecule has 0 radical (unpaired) electrons. The van der Waals surface area contributed by atoms with E-state index in [0.717, 1.165) is 17.4 Å². The SMILES string of the molecule is CCc1cccnc1C(=O)c1cc2cccc(Cl)c2o1. The van der Waals surface area contributed by atoms with Crippen LogP contribution in [0.4, 0.5) is 0 Å². The molecule has 0 fully saturated rings. The van der Waals surface area contributed by atoms with E-state index in [1.165, 1.54) is 0 Å². The van der Waals surface area contributed by atoms with Crippen molar-refractivity contribution in [3.05, 3.63) is 64.6 Å². The molecule has 3 rings (SSSR count). The minimum absolute atomic E-state index is 0.213. The van der Waals surface area contributed by atoms with Gasteiger partial charge in [0, 0.05) is 11.6 Å². The second-order valence-electron chi connectivity index (χ2n) is 4.46. The molecular formula is C16H12ClNO2. The molecule has 0 aliphatic carbocycles. The van der Waals surface area contributed by atoms with Gasteiger partial charge in [-0.15, -0.1) is 0 Å². The van der Waals surface area contributed by atoms with Crippen molar-refractivity contribution in [2.24, 2.45) is 0 Å². The molecule has 0 spiro atoms. The summed E-state index contributed by atoms with van der Waals surface area (Å²) in [7, 11) is 0. The van der Waals surface area contributed by atoms with E-state index < -0.39 is 0 Å². The molecule has 3 nitrogen and oxygen atoms in total.